The van der Waals surface area contributed by atoms with Gasteiger partial charge in [-0.15, -0.1) is 0 Å². The average molecular weight is 615 g/mol. The summed E-state index contributed by atoms with van der Waals surface area (Å²) in [7, 11) is 0. The van der Waals surface area contributed by atoms with Gasteiger partial charge in [0.15, 0.2) is 5.58 Å². The number of furan rings is 1. The maximum Gasteiger partial charge on any atom is 0.161 e. The summed E-state index contributed by atoms with van der Waals surface area (Å²) in [5.74, 6) is 0. The Bertz CT molecular complexity index is 2520. The standard InChI is InChI=1S/C45H30N2O/c1-3-9-31(10-4-1)33-15-17-34(18-16-33)36-21-26-39(27-22-36)47(38-24-19-35(20-25-38)32-11-5-2-6-12-32)40-29-37-23-28-42-41-13-7-8-14-43(41)48-45(42)44(37)46-30-40/h1-30H. The van der Waals surface area contributed by atoms with Crippen LogP contribution < -0.4 is 4.90 Å². The van der Waals surface area contributed by atoms with Crippen molar-refractivity contribution in [3.63, 3.8) is 0 Å². The van der Waals surface area contributed by atoms with Gasteiger partial charge in [0, 0.05) is 27.5 Å². The first-order chi connectivity index (χ1) is 23.8. The number of aromatic nitrogens is 1. The van der Waals surface area contributed by atoms with Crippen LogP contribution in [0.4, 0.5) is 17.1 Å². The molecule has 0 spiro atoms. The van der Waals surface area contributed by atoms with E-state index in [0.717, 1.165) is 49.9 Å². The molecule has 3 nitrogen and oxygen atoms in total. The first-order valence-electron chi connectivity index (χ1n) is 16.2. The second-order valence-corrected chi connectivity index (χ2v) is 12.0. The molecule has 2 aromatic heterocycles. The molecule has 2 heterocycles. The Balaban J connectivity index is 1.11. The number of benzene rings is 7. The summed E-state index contributed by atoms with van der Waals surface area (Å²) < 4.78 is 6.30. The molecule has 0 aliphatic heterocycles. The molecule has 7 aromatic carbocycles. The van der Waals surface area contributed by atoms with Crippen LogP contribution in [0.1, 0.15) is 0 Å². The molecule has 0 atom stereocenters. The quantitative estimate of drug-likeness (QED) is 0.187. The first kappa shape index (κ1) is 27.8. The maximum atomic E-state index is 6.30. The van der Waals surface area contributed by atoms with Crippen molar-refractivity contribution in [2.75, 3.05) is 4.90 Å². The molecule has 0 saturated heterocycles. The van der Waals surface area contributed by atoms with E-state index in [4.69, 9.17) is 9.40 Å². The summed E-state index contributed by atoms with van der Waals surface area (Å²) in [4.78, 5) is 7.27. The summed E-state index contributed by atoms with van der Waals surface area (Å²) in [5, 5.41) is 3.22. The molecule has 0 fully saturated rings. The Morgan fingerprint density at radius 2 is 0.875 bits per heavy atom. The molecule has 0 N–H and O–H groups in total. The van der Waals surface area contributed by atoms with Crippen LogP contribution in [0.2, 0.25) is 0 Å². The van der Waals surface area contributed by atoms with Crippen molar-refractivity contribution in [1.82, 2.24) is 4.98 Å². The van der Waals surface area contributed by atoms with Gasteiger partial charge < -0.3 is 9.32 Å². The molecule has 0 saturated carbocycles. The third-order valence-electron chi connectivity index (χ3n) is 9.12. The number of hydrogen-bond acceptors (Lipinski definition) is 3. The van der Waals surface area contributed by atoms with E-state index in [1.165, 1.54) is 33.4 Å². The van der Waals surface area contributed by atoms with Crippen molar-refractivity contribution >= 4 is 49.9 Å². The lowest BCUT2D eigenvalue weighted by Crippen LogP contribution is -2.10. The molecule has 48 heavy (non-hydrogen) atoms. The molecule has 3 heteroatoms. The van der Waals surface area contributed by atoms with Gasteiger partial charge in [-0.1, -0.05) is 133 Å². The fourth-order valence-electron chi connectivity index (χ4n) is 6.66. The minimum atomic E-state index is 0.821. The van der Waals surface area contributed by atoms with Crippen LogP contribution in [0.3, 0.4) is 0 Å². The van der Waals surface area contributed by atoms with Gasteiger partial charge >= 0.3 is 0 Å². The zero-order chi connectivity index (χ0) is 31.9. The zero-order valence-electron chi connectivity index (χ0n) is 26.1. The van der Waals surface area contributed by atoms with Crippen molar-refractivity contribution in [2.45, 2.75) is 0 Å². The van der Waals surface area contributed by atoms with Crippen LogP contribution in [0.5, 0.6) is 0 Å². The summed E-state index contributed by atoms with van der Waals surface area (Å²) in [6.07, 6.45) is 1.95. The monoisotopic (exact) mass is 614 g/mol. The van der Waals surface area contributed by atoms with Crippen LogP contribution in [-0.2, 0) is 0 Å². The van der Waals surface area contributed by atoms with Crippen LogP contribution in [0, 0.1) is 0 Å². The molecule has 9 rings (SSSR count). The van der Waals surface area contributed by atoms with Crippen LogP contribution in [0.25, 0.3) is 66.2 Å². The van der Waals surface area contributed by atoms with Crippen molar-refractivity contribution in [1.29, 1.82) is 0 Å². The minimum absolute atomic E-state index is 0.821. The number of hydrogen-bond donors (Lipinski definition) is 0. The molecule has 226 valence electrons. The summed E-state index contributed by atoms with van der Waals surface area (Å²) >= 11 is 0. The number of para-hydroxylation sites is 1. The molecule has 0 bridgehead atoms. The Hall–Kier alpha value is -6.45. The Morgan fingerprint density at radius 3 is 1.44 bits per heavy atom. The van der Waals surface area contributed by atoms with E-state index >= 15 is 0 Å². The normalized spacial score (nSPS) is 11.3. The van der Waals surface area contributed by atoms with Crippen LogP contribution >= 0.6 is 0 Å². The fourth-order valence-corrected chi connectivity index (χ4v) is 6.66. The van der Waals surface area contributed by atoms with Gasteiger partial charge in [-0.25, -0.2) is 0 Å². The maximum absolute atomic E-state index is 6.30. The van der Waals surface area contributed by atoms with Crippen LogP contribution in [-0.4, -0.2) is 4.98 Å². The second kappa shape index (κ2) is 11.7. The summed E-state index contributed by atoms with van der Waals surface area (Å²) in [6, 6.07) is 61.9. The third-order valence-corrected chi connectivity index (χ3v) is 9.12. The zero-order valence-corrected chi connectivity index (χ0v) is 26.1. The lowest BCUT2D eigenvalue weighted by Gasteiger charge is -2.26. The largest absolute Gasteiger partial charge is 0.454 e. The van der Waals surface area contributed by atoms with Gasteiger partial charge in [0.1, 0.15) is 11.1 Å². The summed E-state index contributed by atoms with van der Waals surface area (Å²) in [6.45, 7) is 0. The molecule has 0 aliphatic rings. The van der Waals surface area contributed by atoms with E-state index in [1.54, 1.807) is 0 Å². The SMILES string of the molecule is c1ccc(-c2ccc(-c3ccc(N(c4ccc(-c5ccccc5)cc4)c4cnc5c(ccc6c7ccccc7oc65)c4)cc3)cc2)cc1. The highest BCUT2D eigenvalue weighted by Crippen LogP contribution is 2.39. The van der Waals surface area contributed by atoms with E-state index in [2.05, 4.69) is 150 Å². The number of rotatable bonds is 6. The topological polar surface area (TPSA) is 29.3 Å². The average Bonchev–Trinajstić information content (AvgIpc) is 3.56. The molecule has 0 radical (unpaired) electrons. The lowest BCUT2D eigenvalue weighted by atomic mass is 10.00. The smallest absolute Gasteiger partial charge is 0.161 e. The number of fused-ring (bicyclic) bond motifs is 5. The highest BCUT2D eigenvalue weighted by molar-refractivity contribution is 6.14. The molecule has 9 aromatic rings. The highest BCUT2D eigenvalue weighted by atomic mass is 16.3. The van der Waals surface area contributed by atoms with Gasteiger partial charge in [0.2, 0.25) is 0 Å². The van der Waals surface area contributed by atoms with Crippen LogP contribution in [0.15, 0.2) is 187 Å². The molecule has 0 unspecified atom stereocenters. The van der Waals surface area contributed by atoms with Gasteiger partial charge in [0.05, 0.1) is 11.9 Å². The van der Waals surface area contributed by atoms with Gasteiger partial charge in [-0.05, 0) is 75.8 Å². The second-order valence-electron chi connectivity index (χ2n) is 12.0. The third kappa shape index (κ3) is 4.99. The van der Waals surface area contributed by atoms with E-state index in [9.17, 15) is 0 Å². The number of pyridine rings is 1. The Labute approximate surface area is 279 Å². The lowest BCUT2D eigenvalue weighted by molar-refractivity contribution is 0.671. The van der Waals surface area contributed by atoms with Crippen molar-refractivity contribution in [3.8, 4) is 33.4 Å². The van der Waals surface area contributed by atoms with Gasteiger partial charge in [0.25, 0.3) is 0 Å². The Morgan fingerprint density at radius 1 is 0.396 bits per heavy atom. The minimum Gasteiger partial charge on any atom is -0.454 e. The molecular formula is C45H30N2O. The summed E-state index contributed by atoms with van der Waals surface area (Å²) in [5.41, 5.74) is 12.8. The predicted molar refractivity (Wildman–Crippen MR) is 200 cm³/mol. The van der Waals surface area contributed by atoms with E-state index < -0.39 is 0 Å². The van der Waals surface area contributed by atoms with Crippen molar-refractivity contribution in [3.05, 3.63) is 182 Å². The Kier molecular flexibility index (Phi) is 6.80. The number of anilines is 3. The van der Waals surface area contributed by atoms with E-state index in [0.29, 0.717) is 0 Å². The van der Waals surface area contributed by atoms with E-state index in [1.807, 2.05) is 36.5 Å². The molecular weight excluding hydrogens is 585 g/mol. The fraction of sp³-hybridized carbons (Fsp3) is 0. The highest BCUT2D eigenvalue weighted by Gasteiger charge is 2.17. The molecule has 0 amide bonds. The van der Waals surface area contributed by atoms with Gasteiger partial charge in [-0.2, -0.15) is 0 Å². The van der Waals surface area contributed by atoms with Crippen molar-refractivity contribution < 1.29 is 4.42 Å². The first-order valence-corrected chi connectivity index (χ1v) is 16.2. The van der Waals surface area contributed by atoms with Crippen molar-refractivity contribution in [2.24, 2.45) is 0 Å². The van der Waals surface area contributed by atoms with Gasteiger partial charge in [-0.3, -0.25) is 4.98 Å². The van der Waals surface area contributed by atoms with E-state index in [-0.39, 0.29) is 0 Å². The molecule has 0 aliphatic carbocycles. The number of nitrogens with zero attached hydrogens (tertiary/aromatic N) is 2. The predicted octanol–water partition coefficient (Wildman–Crippen LogP) is 12.6.